The number of nitrogens with zero attached hydrogens (tertiary/aromatic N) is 1. The smallest absolute Gasteiger partial charge is 0.226 e. The highest BCUT2D eigenvalue weighted by Gasteiger charge is 2.52. The van der Waals surface area contributed by atoms with E-state index in [0.717, 1.165) is 18.6 Å². The lowest BCUT2D eigenvalue weighted by atomic mass is 9.88. The number of benzene rings is 1. The highest BCUT2D eigenvalue weighted by Crippen LogP contribution is 2.44. The van der Waals surface area contributed by atoms with Crippen LogP contribution < -0.4 is 4.74 Å². The van der Waals surface area contributed by atoms with Crippen LogP contribution in [-0.2, 0) is 4.79 Å². The molecule has 1 heterocycles. The van der Waals surface area contributed by atoms with Crippen LogP contribution in [-0.4, -0.2) is 41.2 Å². The quantitative estimate of drug-likeness (QED) is 0.902. The lowest BCUT2D eigenvalue weighted by molar-refractivity contribution is -0.159. The molecule has 1 aromatic rings. The molecule has 0 bridgehead atoms. The molecule has 0 aromatic heterocycles. The van der Waals surface area contributed by atoms with Gasteiger partial charge in [0.15, 0.2) is 0 Å². The van der Waals surface area contributed by atoms with E-state index in [1.165, 1.54) is 11.1 Å². The summed E-state index contributed by atoms with van der Waals surface area (Å²) in [6, 6.07) is 5.95. The van der Waals surface area contributed by atoms with E-state index in [-0.39, 0.29) is 5.91 Å². The molecule has 1 aliphatic heterocycles. The number of hydrogen-bond acceptors (Lipinski definition) is 3. The van der Waals surface area contributed by atoms with Crippen LogP contribution in [0.5, 0.6) is 5.75 Å². The molecule has 1 N–H and O–H groups in total. The van der Waals surface area contributed by atoms with E-state index in [0.29, 0.717) is 32.0 Å². The van der Waals surface area contributed by atoms with Crippen molar-refractivity contribution in [3.05, 3.63) is 29.3 Å². The molecule has 3 rings (SSSR count). The largest absolute Gasteiger partial charge is 0.493 e. The van der Waals surface area contributed by atoms with Gasteiger partial charge >= 0.3 is 0 Å². The molecule has 2 fully saturated rings. The van der Waals surface area contributed by atoms with E-state index in [2.05, 4.69) is 6.92 Å². The average molecular weight is 289 g/mol. The predicted molar refractivity (Wildman–Crippen MR) is 80.3 cm³/mol. The third kappa shape index (κ3) is 3.05. The number of amides is 1. The van der Waals surface area contributed by atoms with E-state index < -0.39 is 5.60 Å². The second-order valence-electron chi connectivity index (χ2n) is 6.47. The summed E-state index contributed by atoms with van der Waals surface area (Å²) in [5.74, 6) is 1.31. The Morgan fingerprint density at radius 1 is 1.33 bits per heavy atom. The Hall–Kier alpha value is -1.55. The first kappa shape index (κ1) is 14.4. The Kier molecular flexibility index (Phi) is 3.66. The van der Waals surface area contributed by atoms with Gasteiger partial charge in [0.2, 0.25) is 5.91 Å². The molecule has 114 valence electrons. The van der Waals surface area contributed by atoms with Crippen molar-refractivity contribution in [3.63, 3.8) is 0 Å². The Morgan fingerprint density at radius 2 is 2.05 bits per heavy atom. The zero-order chi connectivity index (χ0) is 15.0. The third-order valence-electron chi connectivity index (χ3n) is 4.68. The Morgan fingerprint density at radius 3 is 2.67 bits per heavy atom. The SMILES string of the molecule is Cc1ccc(OCCC(=O)N2CC(O)(C3CC3)C2)cc1C. The number of hydrogen-bond donors (Lipinski definition) is 1. The number of aliphatic hydroxyl groups is 1. The molecule has 1 aliphatic carbocycles. The second-order valence-corrected chi connectivity index (χ2v) is 6.47. The minimum atomic E-state index is -0.593. The summed E-state index contributed by atoms with van der Waals surface area (Å²) in [6.45, 7) is 5.50. The number of ether oxygens (including phenoxy) is 1. The minimum Gasteiger partial charge on any atom is -0.493 e. The van der Waals surface area contributed by atoms with Gasteiger partial charge in [-0.2, -0.15) is 0 Å². The fourth-order valence-corrected chi connectivity index (χ4v) is 2.89. The van der Waals surface area contributed by atoms with Crippen LogP contribution in [0.3, 0.4) is 0 Å². The molecule has 1 aromatic carbocycles. The number of aryl methyl sites for hydroxylation is 2. The molecule has 1 saturated carbocycles. The monoisotopic (exact) mass is 289 g/mol. The van der Waals surface area contributed by atoms with Crippen molar-refractivity contribution in [2.24, 2.45) is 5.92 Å². The summed E-state index contributed by atoms with van der Waals surface area (Å²) >= 11 is 0. The summed E-state index contributed by atoms with van der Waals surface area (Å²) < 4.78 is 5.63. The first-order chi connectivity index (χ1) is 9.98. The summed E-state index contributed by atoms with van der Waals surface area (Å²) in [5.41, 5.74) is 1.83. The summed E-state index contributed by atoms with van der Waals surface area (Å²) in [5, 5.41) is 10.2. The van der Waals surface area contributed by atoms with Gasteiger partial charge in [-0.1, -0.05) is 6.07 Å². The van der Waals surface area contributed by atoms with Crippen LogP contribution in [0.2, 0.25) is 0 Å². The lowest BCUT2D eigenvalue weighted by Crippen LogP contribution is -2.64. The summed E-state index contributed by atoms with van der Waals surface area (Å²) in [6.07, 6.45) is 2.58. The van der Waals surface area contributed by atoms with E-state index in [1.54, 1.807) is 4.90 Å². The lowest BCUT2D eigenvalue weighted by Gasteiger charge is -2.47. The van der Waals surface area contributed by atoms with Gasteiger partial charge in [-0.15, -0.1) is 0 Å². The maximum atomic E-state index is 12.0. The van der Waals surface area contributed by atoms with E-state index >= 15 is 0 Å². The standard InChI is InChI=1S/C17H23NO3/c1-12-3-6-15(9-13(12)2)21-8-7-16(19)18-10-17(20,11-18)14-4-5-14/h3,6,9,14,20H,4-5,7-8,10-11H2,1-2H3. The van der Waals surface area contributed by atoms with Gasteiger partial charge in [0.25, 0.3) is 0 Å². The van der Waals surface area contributed by atoms with Crippen molar-refractivity contribution in [1.82, 2.24) is 4.90 Å². The summed E-state index contributed by atoms with van der Waals surface area (Å²) in [7, 11) is 0. The second kappa shape index (κ2) is 5.34. The molecule has 2 aliphatic rings. The van der Waals surface area contributed by atoms with Crippen molar-refractivity contribution in [1.29, 1.82) is 0 Å². The van der Waals surface area contributed by atoms with Gasteiger partial charge in [0.05, 0.1) is 26.1 Å². The van der Waals surface area contributed by atoms with Gasteiger partial charge in [0, 0.05) is 0 Å². The van der Waals surface area contributed by atoms with Gasteiger partial charge in [0.1, 0.15) is 11.4 Å². The molecular weight excluding hydrogens is 266 g/mol. The molecular formula is C17H23NO3. The molecule has 0 radical (unpaired) electrons. The molecule has 4 nitrogen and oxygen atoms in total. The molecule has 0 atom stereocenters. The van der Waals surface area contributed by atoms with Crippen molar-refractivity contribution in [2.45, 2.75) is 38.7 Å². The van der Waals surface area contributed by atoms with Crippen LogP contribution >= 0.6 is 0 Å². The molecule has 0 unspecified atom stereocenters. The maximum Gasteiger partial charge on any atom is 0.226 e. The Balaban J connectivity index is 1.41. The highest BCUT2D eigenvalue weighted by atomic mass is 16.5. The molecule has 4 heteroatoms. The van der Waals surface area contributed by atoms with E-state index in [4.69, 9.17) is 4.74 Å². The minimum absolute atomic E-state index is 0.0733. The van der Waals surface area contributed by atoms with Crippen molar-refractivity contribution in [2.75, 3.05) is 19.7 Å². The zero-order valence-corrected chi connectivity index (χ0v) is 12.8. The molecule has 1 amide bonds. The number of β-amino-alcohol motifs (C(OH)–C–C–N with tert-alkyl or cyclic N) is 1. The number of carbonyl (C=O) groups excluding carboxylic acids is 1. The highest BCUT2D eigenvalue weighted by molar-refractivity contribution is 5.77. The molecule has 1 saturated heterocycles. The Bertz CT molecular complexity index is 545. The first-order valence-corrected chi connectivity index (χ1v) is 7.68. The van der Waals surface area contributed by atoms with Gasteiger partial charge in [-0.3, -0.25) is 4.79 Å². The van der Waals surface area contributed by atoms with Gasteiger partial charge in [-0.05, 0) is 55.9 Å². The first-order valence-electron chi connectivity index (χ1n) is 7.68. The number of likely N-dealkylation sites (tertiary alicyclic amines) is 1. The third-order valence-corrected chi connectivity index (χ3v) is 4.68. The van der Waals surface area contributed by atoms with Crippen molar-refractivity contribution < 1.29 is 14.6 Å². The number of carbonyl (C=O) groups is 1. The van der Waals surface area contributed by atoms with E-state index in [1.807, 2.05) is 25.1 Å². The van der Waals surface area contributed by atoms with Crippen LogP contribution in [0, 0.1) is 19.8 Å². The van der Waals surface area contributed by atoms with Gasteiger partial charge in [-0.25, -0.2) is 0 Å². The topological polar surface area (TPSA) is 49.8 Å². The fraction of sp³-hybridized carbons (Fsp3) is 0.588. The van der Waals surface area contributed by atoms with Crippen LogP contribution in [0.15, 0.2) is 18.2 Å². The average Bonchev–Trinajstić information content (AvgIpc) is 3.23. The van der Waals surface area contributed by atoms with E-state index in [9.17, 15) is 9.90 Å². The predicted octanol–water partition coefficient (Wildman–Crippen LogP) is 2.06. The number of rotatable bonds is 5. The van der Waals surface area contributed by atoms with Gasteiger partial charge < -0.3 is 14.7 Å². The Labute approximate surface area is 125 Å². The van der Waals surface area contributed by atoms with Crippen LogP contribution in [0.25, 0.3) is 0 Å². The molecule has 21 heavy (non-hydrogen) atoms. The van der Waals surface area contributed by atoms with Crippen LogP contribution in [0.4, 0.5) is 0 Å². The zero-order valence-electron chi connectivity index (χ0n) is 12.8. The summed E-state index contributed by atoms with van der Waals surface area (Å²) in [4.78, 5) is 13.7. The fourth-order valence-electron chi connectivity index (χ4n) is 2.89. The van der Waals surface area contributed by atoms with Crippen molar-refractivity contribution in [3.8, 4) is 5.75 Å². The van der Waals surface area contributed by atoms with Crippen molar-refractivity contribution >= 4 is 5.91 Å². The normalized spacial score (nSPS) is 20.0. The van der Waals surface area contributed by atoms with Crippen LogP contribution in [0.1, 0.15) is 30.4 Å². The maximum absolute atomic E-state index is 12.0. The molecule has 0 spiro atoms.